The van der Waals surface area contributed by atoms with Gasteiger partial charge in [-0.1, -0.05) is 12.1 Å². The summed E-state index contributed by atoms with van der Waals surface area (Å²) in [5.41, 5.74) is 1.50. The summed E-state index contributed by atoms with van der Waals surface area (Å²) in [4.78, 5) is 19.2. The maximum atomic E-state index is 10.8. The summed E-state index contributed by atoms with van der Waals surface area (Å²) in [5, 5.41) is 11.7. The van der Waals surface area contributed by atoms with E-state index < -0.39 is 4.92 Å². The second-order valence-electron chi connectivity index (χ2n) is 4.32. The fraction of sp³-hybridized carbons (Fsp3) is 0.286. The predicted octanol–water partition coefficient (Wildman–Crippen LogP) is 3.10. The molecule has 2 rings (SSSR count). The van der Waals surface area contributed by atoms with Gasteiger partial charge in [-0.05, 0) is 13.0 Å². The molecule has 0 unspecified atom stereocenters. The third kappa shape index (κ3) is 4.24. The first-order valence-corrected chi connectivity index (χ1v) is 7.31. The number of ether oxygens (including phenoxy) is 1. The third-order valence-corrected chi connectivity index (χ3v) is 3.56. The predicted molar refractivity (Wildman–Crippen MR) is 81.5 cm³/mol. The van der Waals surface area contributed by atoms with Crippen LogP contribution in [0.1, 0.15) is 5.69 Å². The van der Waals surface area contributed by atoms with E-state index >= 15 is 0 Å². The molecule has 0 spiro atoms. The lowest BCUT2D eigenvalue weighted by Crippen LogP contribution is -1.97. The molecule has 110 valence electrons. The molecule has 1 aromatic carbocycles. The highest BCUT2D eigenvalue weighted by Gasteiger charge is 2.10. The summed E-state index contributed by atoms with van der Waals surface area (Å²) in [6.07, 6.45) is 0. The Bertz CT molecular complexity index is 649. The molecule has 0 fully saturated rings. The molecule has 21 heavy (non-hydrogen) atoms. The summed E-state index contributed by atoms with van der Waals surface area (Å²) < 4.78 is 5.01. The summed E-state index contributed by atoms with van der Waals surface area (Å²) >= 11 is 1.57. The Morgan fingerprint density at radius 2 is 2.14 bits per heavy atom. The zero-order chi connectivity index (χ0) is 15.2. The minimum Gasteiger partial charge on any atom is -0.384 e. The van der Waals surface area contributed by atoms with Crippen molar-refractivity contribution in [1.82, 2.24) is 9.97 Å². The standard InChI is InChI=1S/C14H15N3O3S/c1-10-8-13(21-7-6-20-2)16-14(15-10)11-4-3-5-12(9-11)17(18)19/h3-5,8-9H,6-7H2,1-2H3. The number of aryl methyl sites for hydroxylation is 1. The molecule has 1 aromatic heterocycles. The van der Waals surface area contributed by atoms with E-state index in [2.05, 4.69) is 9.97 Å². The topological polar surface area (TPSA) is 78.2 Å². The van der Waals surface area contributed by atoms with Crippen molar-refractivity contribution in [2.24, 2.45) is 0 Å². The highest BCUT2D eigenvalue weighted by molar-refractivity contribution is 7.99. The molecular weight excluding hydrogens is 290 g/mol. The first-order chi connectivity index (χ1) is 10.1. The number of aromatic nitrogens is 2. The molecule has 1 heterocycles. The molecule has 0 aliphatic rings. The number of nitrogens with zero attached hydrogens (tertiary/aromatic N) is 3. The van der Waals surface area contributed by atoms with E-state index in [1.165, 1.54) is 12.1 Å². The van der Waals surface area contributed by atoms with E-state index in [1.807, 2.05) is 13.0 Å². The fourth-order valence-corrected chi connectivity index (χ4v) is 2.59. The molecule has 0 aliphatic heterocycles. The normalized spacial score (nSPS) is 10.6. The van der Waals surface area contributed by atoms with Crippen molar-refractivity contribution in [2.45, 2.75) is 11.9 Å². The van der Waals surface area contributed by atoms with Gasteiger partial charge >= 0.3 is 0 Å². The number of nitro benzene ring substituents is 1. The van der Waals surface area contributed by atoms with Gasteiger partial charge in [0.15, 0.2) is 5.82 Å². The molecule has 7 heteroatoms. The summed E-state index contributed by atoms with van der Waals surface area (Å²) in [5.74, 6) is 1.29. The van der Waals surface area contributed by atoms with Gasteiger partial charge in [-0.25, -0.2) is 9.97 Å². The largest absolute Gasteiger partial charge is 0.384 e. The Balaban J connectivity index is 2.30. The molecule has 0 bridgehead atoms. The smallest absolute Gasteiger partial charge is 0.270 e. The maximum absolute atomic E-state index is 10.8. The van der Waals surface area contributed by atoms with Crippen molar-refractivity contribution in [2.75, 3.05) is 19.5 Å². The number of benzene rings is 1. The second kappa shape index (κ2) is 7.14. The zero-order valence-electron chi connectivity index (χ0n) is 11.8. The Labute approximate surface area is 126 Å². The van der Waals surface area contributed by atoms with E-state index in [4.69, 9.17) is 4.74 Å². The highest BCUT2D eigenvalue weighted by Crippen LogP contribution is 2.24. The molecular formula is C14H15N3O3S. The Hall–Kier alpha value is -1.99. The van der Waals surface area contributed by atoms with Gasteiger partial charge < -0.3 is 4.74 Å². The minimum absolute atomic E-state index is 0.0335. The Morgan fingerprint density at radius 3 is 2.86 bits per heavy atom. The summed E-state index contributed by atoms with van der Waals surface area (Å²) in [6, 6.07) is 8.23. The highest BCUT2D eigenvalue weighted by atomic mass is 32.2. The van der Waals surface area contributed by atoms with Crippen molar-refractivity contribution in [3.8, 4) is 11.4 Å². The zero-order valence-corrected chi connectivity index (χ0v) is 12.6. The minimum atomic E-state index is -0.423. The van der Waals surface area contributed by atoms with Crippen LogP contribution in [-0.4, -0.2) is 34.4 Å². The molecule has 6 nitrogen and oxygen atoms in total. The number of hydrogen-bond acceptors (Lipinski definition) is 6. The van der Waals surface area contributed by atoms with Crippen LogP contribution in [0.5, 0.6) is 0 Å². The Kier molecular flexibility index (Phi) is 5.24. The number of thioether (sulfide) groups is 1. The fourth-order valence-electron chi connectivity index (χ4n) is 1.73. The van der Waals surface area contributed by atoms with Gasteiger partial charge in [0, 0.05) is 36.3 Å². The van der Waals surface area contributed by atoms with Crippen LogP contribution in [0.15, 0.2) is 35.4 Å². The van der Waals surface area contributed by atoms with Gasteiger partial charge in [-0.2, -0.15) is 0 Å². The summed E-state index contributed by atoms with van der Waals surface area (Å²) in [6.45, 7) is 2.52. The first kappa shape index (κ1) is 15.4. The van der Waals surface area contributed by atoms with Gasteiger partial charge in [0.05, 0.1) is 11.5 Å². The van der Waals surface area contributed by atoms with Crippen LogP contribution in [0.25, 0.3) is 11.4 Å². The van der Waals surface area contributed by atoms with Crippen LogP contribution < -0.4 is 0 Å². The number of non-ortho nitro benzene ring substituents is 1. The SMILES string of the molecule is COCCSc1cc(C)nc(-c2cccc([N+](=O)[O-])c2)n1. The molecule has 0 saturated carbocycles. The van der Waals surface area contributed by atoms with Crippen molar-refractivity contribution in [3.63, 3.8) is 0 Å². The third-order valence-electron chi connectivity index (χ3n) is 2.68. The van der Waals surface area contributed by atoms with E-state index in [9.17, 15) is 10.1 Å². The van der Waals surface area contributed by atoms with Gasteiger partial charge in [0.25, 0.3) is 5.69 Å². The second-order valence-corrected chi connectivity index (χ2v) is 5.44. The lowest BCUT2D eigenvalue weighted by atomic mass is 10.2. The number of nitro groups is 1. The molecule has 0 aliphatic carbocycles. The molecule has 0 atom stereocenters. The van der Waals surface area contributed by atoms with Crippen molar-refractivity contribution in [1.29, 1.82) is 0 Å². The summed E-state index contributed by atoms with van der Waals surface area (Å²) in [7, 11) is 1.65. The van der Waals surface area contributed by atoms with Crippen LogP contribution in [-0.2, 0) is 4.74 Å². The van der Waals surface area contributed by atoms with Gasteiger partial charge in [-0.15, -0.1) is 11.8 Å². The quantitative estimate of drug-likeness (QED) is 0.268. The monoisotopic (exact) mass is 305 g/mol. The van der Waals surface area contributed by atoms with Gasteiger partial charge in [0.2, 0.25) is 0 Å². The molecule has 0 saturated heterocycles. The molecule has 2 aromatic rings. The van der Waals surface area contributed by atoms with Crippen LogP contribution in [0.2, 0.25) is 0 Å². The van der Waals surface area contributed by atoms with Gasteiger partial charge in [0.1, 0.15) is 5.03 Å². The van der Waals surface area contributed by atoms with Crippen LogP contribution in [0.3, 0.4) is 0 Å². The van der Waals surface area contributed by atoms with Crippen LogP contribution >= 0.6 is 11.8 Å². The van der Waals surface area contributed by atoms with Crippen LogP contribution in [0, 0.1) is 17.0 Å². The molecule has 0 amide bonds. The maximum Gasteiger partial charge on any atom is 0.270 e. The van der Waals surface area contributed by atoms with E-state index in [-0.39, 0.29) is 5.69 Å². The van der Waals surface area contributed by atoms with E-state index in [0.29, 0.717) is 18.0 Å². The molecule has 0 radical (unpaired) electrons. The van der Waals surface area contributed by atoms with Crippen molar-refractivity contribution < 1.29 is 9.66 Å². The molecule has 0 N–H and O–H groups in total. The average Bonchev–Trinajstić information content (AvgIpc) is 2.47. The first-order valence-electron chi connectivity index (χ1n) is 6.32. The number of methoxy groups -OCH3 is 1. The van der Waals surface area contributed by atoms with Crippen molar-refractivity contribution in [3.05, 3.63) is 46.1 Å². The van der Waals surface area contributed by atoms with E-state index in [0.717, 1.165) is 16.5 Å². The average molecular weight is 305 g/mol. The lowest BCUT2D eigenvalue weighted by molar-refractivity contribution is -0.384. The Morgan fingerprint density at radius 1 is 1.33 bits per heavy atom. The number of hydrogen-bond donors (Lipinski definition) is 0. The van der Waals surface area contributed by atoms with Crippen LogP contribution in [0.4, 0.5) is 5.69 Å². The number of rotatable bonds is 6. The van der Waals surface area contributed by atoms with Gasteiger partial charge in [-0.3, -0.25) is 10.1 Å². The van der Waals surface area contributed by atoms with E-state index in [1.54, 1.807) is 31.0 Å². The lowest BCUT2D eigenvalue weighted by Gasteiger charge is -2.06. The van der Waals surface area contributed by atoms with Crippen molar-refractivity contribution >= 4 is 17.4 Å².